The van der Waals surface area contributed by atoms with Gasteiger partial charge in [-0.05, 0) is 36.5 Å². The number of benzene rings is 1. The number of nitrogen functional groups attached to an aromatic ring is 1. The molecular formula is C15H17N5. The Hall–Kier alpha value is -2.35. The van der Waals surface area contributed by atoms with Crippen molar-refractivity contribution in [1.29, 1.82) is 5.26 Å². The molecule has 0 amide bonds. The van der Waals surface area contributed by atoms with Gasteiger partial charge in [0.15, 0.2) is 5.82 Å². The molecule has 1 heterocycles. The van der Waals surface area contributed by atoms with Gasteiger partial charge >= 0.3 is 0 Å². The van der Waals surface area contributed by atoms with Crippen molar-refractivity contribution in [3.63, 3.8) is 0 Å². The second kappa shape index (κ2) is 4.64. The monoisotopic (exact) mass is 267 g/mol. The smallest absolute Gasteiger partial charge is 0.161 e. The SMILES string of the molecule is Cn1cnc(C2(c3cccc(N)c3)CC(CC#N)C2)n1. The van der Waals surface area contributed by atoms with Crippen LogP contribution < -0.4 is 5.73 Å². The number of hydrogen-bond acceptors (Lipinski definition) is 4. The molecule has 1 aromatic heterocycles. The Morgan fingerprint density at radius 2 is 2.30 bits per heavy atom. The maximum absolute atomic E-state index is 8.86. The van der Waals surface area contributed by atoms with Crippen LogP contribution in [0.5, 0.6) is 0 Å². The number of nitriles is 1. The van der Waals surface area contributed by atoms with E-state index in [0.29, 0.717) is 12.3 Å². The molecule has 102 valence electrons. The summed E-state index contributed by atoms with van der Waals surface area (Å²) < 4.78 is 1.72. The molecule has 0 spiro atoms. The van der Waals surface area contributed by atoms with E-state index in [1.54, 1.807) is 11.0 Å². The van der Waals surface area contributed by atoms with Crippen molar-refractivity contribution in [2.45, 2.75) is 24.7 Å². The van der Waals surface area contributed by atoms with E-state index in [1.807, 2.05) is 25.2 Å². The molecule has 1 fully saturated rings. The zero-order chi connectivity index (χ0) is 14.2. The summed E-state index contributed by atoms with van der Waals surface area (Å²) in [5.41, 5.74) is 7.63. The Balaban J connectivity index is 2.00. The molecule has 1 aliphatic carbocycles. The Labute approximate surface area is 118 Å². The van der Waals surface area contributed by atoms with E-state index in [4.69, 9.17) is 11.0 Å². The Bertz CT molecular complexity index is 661. The summed E-state index contributed by atoms with van der Waals surface area (Å²) in [6, 6.07) is 10.2. The molecule has 1 saturated carbocycles. The third-order valence-electron chi connectivity index (χ3n) is 4.12. The topological polar surface area (TPSA) is 80.5 Å². The van der Waals surface area contributed by atoms with Crippen LogP contribution in [0, 0.1) is 17.2 Å². The Morgan fingerprint density at radius 3 is 2.90 bits per heavy atom. The number of aromatic nitrogens is 3. The summed E-state index contributed by atoms with van der Waals surface area (Å²) in [7, 11) is 1.87. The van der Waals surface area contributed by atoms with Crippen LogP contribution in [-0.2, 0) is 12.5 Å². The van der Waals surface area contributed by atoms with E-state index in [0.717, 1.165) is 29.9 Å². The highest BCUT2D eigenvalue weighted by Crippen LogP contribution is 2.52. The van der Waals surface area contributed by atoms with E-state index < -0.39 is 0 Å². The lowest BCUT2D eigenvalue weighted by Gasteiger charge is -2.45. The molecule has 0 saturated heterocycles. The number of rotatable bonds is 3. The van der Waals surface area contributed by atoms with Gasteiger partial charge in [-0.15, -0.1) is 0 Å². The molecule has 0 radical (unpaired) electrons. The summed E-state index contributed by atoms with van der Waals surface area (Å²) in [4.78, 5) is 4.44. The number of nitrogens with two attached hydrogens (primary N) is 1. The van der Waals surface area contributed by atoms with E-state index in [9.17, 15) is 0 Å². The maximum Gasteiger partial charge on any atom is 0.161 e. The van der Waals surface area contributed by atoms with Gasteiger partial charge in [0.05, 0.1) is 11.5 Å². The van der Waals surface area contributed by atoms with Crippen LogP contribution >= 0.6 is 0 Å². The van der Waals surface area contributed by atoms with Gasteiger partial charge in [-0.1, -0.05) is 12.1 Å². The minimum Gasteiger partial charge on any atom is -0.399 e. The van der Waals surface area contributed by atoms with Crippen molar-refractivity contribution < 1.29 is 0 Å². The van der Waals surface area contributed by atoms with Gasteiger partial charge in [0.25, 0.3) is 0 Å². The minimum absolute atomic E-state index is 0.182. The summed E-state index contributed by atoms with van der Waals surface area (Å²) in [5, 5.41) is 13.3. The average molecular weight is 267 g/mol. The molecule has 0 unspecified atom stereocenters. The molecule has 0 atom stereocenters. The zero-order valence-corrected chi connectivity index (χ0v) is 11.5. The molecule has 1 aromatic carbocycles. The van der Waals surface area contributed by atoms with Crippen molar-refractivity contribution in [3.8, 4) is 6.07 Å². The van der Waals surface area contributed by atoms with Crippen LogP contribution in [-0.4, -0.2) is 14.8 Å². The van der Waals surface area contributed by atoms with Crippen molar-refractivity contribution in [3.05, 3.63) is 42.0 Å². The first-order valence-electron chi connectivity index (χ1n) is 6.73. The first kappa shape index (κ1) is 12.7. The molecule has 0 bridgehead atoms. The van der Waals surface area contributed by atoms with Gasteiger partial charge in [-0.3, -0.25) is 4.68 Å². The highest BCUT2D eigenvalue weighted by Gasteiger charge is 2.49. The largest absolute Gasteiger partial charge is 0.399 e. The van der Waals surface area contributed by atoms with Gasteiger partial charge < -0.3 is 5.73 Å². The van der Waals surface area contributed by atoms with Gasteiger partial charge in [0, 0.05) is 19.2 Å². The fourth-order valence-electron chi connectivity index (χ4n) is 3.14. The maximum atomic E-state index is 8.86. The summed E-state index contributed by atoms with van der Waals surface area (Å²) in [6.45, 7) is 0. The number of nitrogens with zero attached hydrogens (tertiary/aromatic N) is 4. The molecule has 1 aliphatic rings. The predicted molar refractivity (Wildman–Crippen MR) is 75.6 cm³/mol. The van der Waals surface area contributed by atoms with Crippen molar-refractivity contribution in [2.24, 2.45) is 13.0 Å². The lowest BCUT2D eigenvalue weighted by atomic mass is 9.57. The van der Waals surface area contributed by atoms with Crippen LogP contribution in [0.1, 0.15) is 30.7 Å². The Kier molecular flexibility index (Phi) is 2.94. The van der Waals surface area contributed by atoms with Crippen LogP contribution in [0.2, 0.25) is 0 Å². The lowest BCUT2D eigenvalue weighted by Crippen LogP contribution is -2.43. The molecular weight excluding hydrogens is 250 g/mol. The van der Waals surface area contributed by atoms with E-state index in [2.05, 4.69) is 22.2 Å². The van der Waals surface area contributed by atoms with Crippen LogP contribution in [0.3, 0.4) is 0 Å². The van der Waals surface area contributed by atoms with Crippen molar-refractivity contribution in [2.75, 3.05) is 5.73 Å². The van der Waals surface area contributed by atoms with E-state index in [-0.39, 0.29) is 5.41 Å². The average Bonchev–Trinajstić information content (AvgIpc) is 2.80. The number of hydrogen-bond donors (Lipinski definition) is 1. The van der Waals surface area contributed by atoms with Crippen LogP contribution in [0.25, 0.3) is 0 Å². The van der Waals surface area contributed by atoms with E-state index in [1.165, 1.54) is 0 Å². The first-order valence-corrected chi connectivity index (χ1v) is 6.73. The molecule has 5 nitrogen and oxygen atoms in total. The van der Waals surface area contributed by atoms with Gasteiger partial charge in [0.2, 0.25) is 0 Å². The third kappa shape index (κ3) is 1.94. The quantitative estimate of drug-likeness (QED) is 0.862. The molecule has 0 aliphatic heterocycles. The fraction of sp³-hybridized carbons (Fsp3) is 0.400. The predicted octanol–water partition coefficient (Wildman–Crippen LogP) is 2.01. The first-order chi connectivity index (χ1) is 9.64. The Morgan fingerprint density at radius 1 is 1.50 bits per heavy atom. The molecule has 3 rings (SSSR count). The second-order valence-corrected chi connectivity index (χ2v) is 5.59. The zero-order valence-electron chi connectivity index (χ0n) is 11.5. The normalized spacial score (nSPS) is 24.9. The highest BCUT2D eigenvalue weighted by molar-refractivity contribution is 5.47. The summed E-state index contributed by atoms with van der Waals surface area (Å²) in [6.07, 6.45) is 4.14. The van der Waals surface area contributed by atoms with Crippen LogP contribution in [0.15, 0.2) is 30.6 Å². The number of anilines is 1. The fourth-order valence-corrected chi connectivity index (χ4v) is 3.14. The second-order valence-electron chi connectivity index (χ2n) is 5.59. The third-order valence-corrected chi connectivity index (χ3v) is 4.12. The number of aryl methyl sites for hydroxylation is 1. The van der Waals surface area contributed by atoms with Gasteiger partial charge in [-0.2, -0.15) is 10.4 Å². The van der Waals surface area contributed by atoms with Gasteiger partial charge in [0.1, 0.15) is 6.33 Å². The summed E-state index contributed by atoms with van der Waals surface area (Å²) >= 11 is 0. The molecule has 20 heavy (non-hydrogen) atoms. The van der Waals surface area contributed by atoms with Crippen molar-refractivity contribution in [1.82, 2.24) is 14.8 Å². The highest BCUT2D eigenvalue weighted by atomic mass is 15.3. The van der Waals surface area contributed by atoms with E-state index >= 15 is 0 Å². The standard InChI is InChI=1S/C15H17N5/c1-20-10-18-14(19-20)15(8-11(9-15)5-6-16)12-3-2-4-13(17)7-12/h2-4,7,10-11H,5,8-9,17H2,1H3. The lowest BCUT2D eigenvalue weighted by molar-refractivity contribution is 0.175. The molecule has 5 heteroatoms. The molecule has 2 N–H and O–H groups in total. The summed E-state index contributed by atoms with van der Waals surface area (Å²) in [5.74, 6) is 1.25. The minimum atomic E-state index is -0.182. The molecule has 2 aromatic rings. The van der Waals surface area contributed by atoms with Crippen molar-refractivity contribution >= 4 is 5.69 Å². The van der Waals surface area contributed by atoms with Crippen LogP contribution in [0.4, 0.5) is 5.69 Å². The van der Waals surface area contributed by atoms with Gasteiger partial charge in [-0.25, -0.2) is 4.98 Å².